The molecule has 1 aromatic heterocycles. The van der Waals surface area contributed by atoms with Crippen LogP contribution < -0.4 is 5.73 Å². The summed E-state index contributed by atoms with van der Waals surface area (Å²) >= 11 is 7.45. The fourth-order valence-corrected chi connectivity index (χ4v) is 3.41. The summed E-state index contributed by atoms with van der Waals surface area (Å²) in [5.41, 5.74) is 5.74. The van der Waals surface area contributed by atoms with Crippen molar-refractivity contribution < 1.29 is 4.74 Å². The summed E-state index contributed by atoms with van der Waals surface area (Å²) in [6.07, 6.45) is 3.85. The van der Waals surface area contributed by atoms with E-state index < -0.39 is 0 Å². The lowest BCUT2D eigenvalue weighted by atomic mass is 9.97. The second-order valence-corrected chi connectivity index (χ2v) is 6.21. The van der Waals surface area contributed by atoms with Gasteiger partial charge in [0.1, 0.15) is 0 Å². The van der Waals surface area contributed by atoms with Gasteiger partial charge in [0, 0.05) is 4.88 Å². The predicted molar refractivity (Wildman–Crippen MR) is 68.9 cm³/mol. The number of ether oxygens (including phenoxy) is 1. The van der Waals surface area contributed by atoms with E-state index in [4.69, 9.17) is 22.1 Å². The maximum atomic E-state index is 5.86. The minimum Gasteiger partial charge on any atom is -0.376 e. The molecule has 1 heterocycles. The molecule has 0 spiro atoms. The highest BCUT2D eigenvalue weighted by molar-refractivity contribution is 7.16. The monoisotopic (exact) mass is 259 g/mol. The number of rotatable bonds is 5. The third kappa shape index (κ3) is 3.20. The molecule has 1 aliphatic rings. The second-order valence-electron chi connectivity index (χ2n) is 4.41. The quantitative estimate of drug-likeness (QED) is 0.881. The van der Waals surface area contributed by atoms with E-state index in [0.717, 1.165) is 17.5 Å². The topological polar surface area (TPSA) is 35.2 Å². The number of thiophene rings is 1. The summed E-state index contributed by atoms with van der Waals surface area (Å²) in [6, 6.07) is 3.95. The Balaban J connectivity index is 1.71. The van der Waals surface area contributed by atoms with Gasteiger partial charge in [-0.2, -0.15) is 0 Å². The smallest absolute Gasteiger partial charge is 0.0932 e. The van der Waals surface area contributed by atoms with Crippen molar-refractivity contribution >= 4 is 22.9 Å². The SMILES string of the molecule is NCC1CCCC1COCc1ccc(Cl)s1. The van der Waals surface area contributed by atoms with Crippen LogP contribution in [-0.2, 0) is 11.3 Å². The molecule has 0 aliphatic heterocycles. The van der Waals surface area contributed by atoms with E-state index in [1.165, 1.54) is 24.1 Å². The van der Waals surface area contributed by atoms with Gasteiger partial charge < -0.3 is 10.5 Å². The molecule has 0 aromatic carbocycles. The van der Waals surface area contributed by atoms with Gasteiger partial charge in [-0.05, 0) is 43.4 Å². The molecule has 2 unspecified atom stereocenters. The van der Waals surface area contributed by atoms with Crippen molar-refractivity contribution in [2.24, 2.45) is 17.6 Å². The lowest BCUT2D eigenvalue weighted by Crippen LogP contribution is -2.22. The molecule has 2 atom stereocenters. The fraction of sp³-hybridized carbons (Fsp3) is 0.667. The van der Waals surface area contributed by atoms with Crippen LogP contribution in [0.1, 0.15) is 24.1 Å². The number of hydrogen-bond acceptors (Lipinski definition) is 3. The van der Waals surface area contributed by atoms with Crippen molar-refractivity contribution in [1.29, 1.82) is 0 Å². The van der Waals surface area contributed by atoms with Crippen LogP contribution in [0.3, 0.4) is 0 Å². The van der Waals surface area contributed by atoms with Crippen LogP contribution in [0.2, 0.25) is 4.34 Å². The van der Waals surface area contributed by atoms with Crippen LogP contribution in [-0.4, -0.2) is 13.2 Å². The molecule has 4 heteroatoms. The van der Waals surface area contributed by atoms with Gasteiger partial charge in [-0.25, -0.2) is 0 Å². The Bertz CT molecular complexity index is 329. The Hall–Kier alpha value is -0.0900. The molecule has 2 N–H and O–H groups in total. The summed E-state index contributed by atoms with van der Waals surface area (Å²) in [6.45, 7) is 2.33. The Morgan fingerprint density at radius 3 is 2.88 bits per heavy atom. The molecule has 0 radical (unpaired) electrons. The summed E-state index contributed by atoms with van der Waals surface area (Å²) in [5.74, 6) is 1.34. The number of halogens is 1. The highest BCUT2D eigenvalue weighted by Crippen LogP contribution is 2.31. The zero-order valence-electron chi connectivity index (χ0n) is 9.32. The van der Waals surface area contributed by atoms with Gasteiger partial charge in [0.2, 0.25) is 0 Å². The minimum absolute atomic E-state index is 0.667. The van der Waals surface area contributed by atoms with E-state index in [1.807, 2.05) is 12.1 Å². The molecular weight excluding hydrogens is 242 g/mol. The van der Waals surface area contributed by atoms with Crippen LogP contribution in [0, 0.1) is 11.8 Å². The van der Waals surface area contributed by atoms with Crippen LogP contribution in [0.15, 0.2) is 12.1 Å². The van der Waals surface area contributed by atoms with Gasteiger partial charge in [0.25, 0.3) is 0 Å². The first-order valence-corrected chi connectivity index (χ1v) is 7.01. The van der Waals surface area contributed by atoms with Gasteiger partial charge >= 0.3 is 0 Å². The zero-order valence-corrected chi connectivity index (χ0v) is 10.9. The Morgan fingerprint density at radius 2 is 2.19 bits per heavy atom. The van der Waals surface area contributed by atoms with Gasteiger partial charge in [0.15, 0.2) is 0 Å². The first-order chi connectivity index (χ1) is 7.79. The normalized spacial score (nSPS) is 25.1. The molecule has 0 saturated heterocycles. The molecule has 1 aromatic rings. The van der Waals surface area contributed by atoms with Crippen molar-refractivity contribution in [2.75, 3.05) is 13.2 Å². The van der Waals surface area contributed by atoms with Crippen LogP contribution in [0.25, 0.3) is 0 Å². The van der Waals surface area contributed by atoms with Crippen LogP contribution in [0.4, 0.5) is 0 Å². The van der Waals surface area contributed by atoms with E-state index in [9.17, 15) is 0 Å². The second kappa shape index (κ2) is 6.01. The average Bonchev–Trinajstić information content (AvgIpc) is 2.87. The third-order valence-corrected chi connectivity index (χ3v) is 4.53. The van der Waals surface area contributed by atoms with Crippen molar-refractivity contribution in [2.45, 2.75) is 25.9 Å². The van der Waals surface area contributed by atoms with Crippen molar-refractivity contribution in [3.05, 3.63) is 21.3 Å². The molecule has 2 rings (SSSR count). The van der Waals surface area contributed by atoms with Crippen LogP contribution >= 0.6 is 22.9 Å². The Labute approximate surface area is 106 Å². The summed E-state index contributed by atoms with van der Waals surface area (Å²) in [5, 5.41) is 0. The van der Waals surface area contributed by atoms with E-state index in [2.05, 4.69) is 0 Å². The van der Waals surface area contributed by atoms with Crippen LogP contribution in [0.5, 0.6) is 0 Å². The molecule has 1 aliphatic carbocycles. The summed E-state index contributed by atoms with van der Waals surface area (Å²) in [7, 11) is 0. The molecule has 1 fully saturated rings. The predicted octanol–water partition coefficient (Wildman–Crippen LogP) is 3.29. The van der Waals surface area contributed by atoms with E-state index in [1.54, 1.807) is 11.3 Å². The summed E-state index contributed by atoms with van der Waals surface area (Å²) in [4.78, 5) is 1.20. The zero-order chi connectivity index (χ0) is 11.4. The van der Waals surface area contributed by atoms with Crippen molar-refractivity contribution in [3.8, 4) is 0 Å². The Kier molecular flexibility index (Phi) is 4.65. The fourth-order valence-electron chi connectivity index (χ4n) is 2.38. The lowest BCUT2D eigenvalue weighted by Gasteiger charge is -2.17. The highest BCUT2D eigenvalue weighted by atomic mass is 35.5. The third-order valence-electron chi connectivity index (χ3n) is 3.32. The highest BCUT2D eigenvalue weighted by Gasteiger charge is 2.25. The maximum Gasteiger partial charge on any atom is 0.0932 e. The van der Waals surface area contributed by atoms with E-state index in [0.29, 0.717) is 18.4 Å². The van der Waals surface area contributed by atoms with E-state index in [-0.39, 0.29) is 0 Å². The lowest BCUT2D eigenvalue weighted by molar-refractivity contribution is 0.0769. The van der Waals surface area contributed by atoms with Gasteiger partial charge in [-0.1, -0.05) is 18.0 Å². The first kappa shape index (κ1) is 12.4. The Morgan fingerprint density at radius 1 is 1.38 bits per heavy atom. The van der Waals surface area contributed by atoms with Gasteiger partial charge in [-0.15, -0.1) is 11.3 Å². The average molecular weight is 260 g/mol. The summed E-state index contributed by atoms with van der Waals surface area (Å²) < 4.78 is 6.58. The molecule has 0 bridgehead atoms. The molecule has 0 amide bonds. The molecule has 1 saturated carbocycles. The van der Waals surface area contributed by atoms with Gasteiger partial charge in [-0.3, -0.25) is 0 Å². The van der Waals surface area contributed by atoms with Crippen molar-refractivity contribution in [1.82, 2.24) is 0 Å². The minimum atomic E-state index is 0.667. The van der Waals surface area contributed by atoms with Crippen molar-refractivity contribution in [3.63, 3.8) is 0 Å². The van der Waals surface area contributed by atoms with E-state index >= 15 is 0 Å². The first-order valence-electron chi connectivity index (χ1n) is 5.81. The number of nitrogens with two attached hydrogens (primary N) is 1. The molecule has 90 valence electrons. The molecule has 16 heavy (non-hydrogen) atoms. The molecular formula is C12H18ClNOS. The van der Waals surface area contributed by atoms with Gasteiger partial charge in [0.05, 0.1) is 17.6 Å². The largest absolute Gasteiger partial charge is 0.376 e. The standard InChI is InChI=1S/C12H18ClNOS/c13-12-5-4-11(16-12)8-15-7-10-3-1-2-9(10)6-14/h4-5,9-10H,1-3,6-8,14H2. The number of hydrogen-bond donors (Lipinski definition) is 1. The maximum absolute atomic E-state index is 5.86. The molecule has 2 nitrogen and oxygen atoms in total.